The van der Waals surface area contributed by atoms with Crippen molar-refractivity contribution in [1.29, 1.82) is 0 Å². The molecule has 0 saturated heterocycles. The van der Waals surface area contributed by atoms with Crippen molar-refractivity contribution >= 4 is 11.6 Å². The molecular formula is C13H21N7. The average molecular weight is 275 g/mol. The highest BCUT2D eigenvalue weighted by molar-refractivity contribution is 5.58. The van der Waals surface area contributed by atoms with Gasteiger partial charge in [-0.25, -0.2) is 9.97 Å². The van der Waals surface area contributed by atoms with Gasteiger partial charge in [0.25, 0.3) is 0 Å². The number of hydrogen-bond donors (Lipinski definition) is 2. The number of nitrogens with one attached hydrogen (secondary N) is 2. The zero-order chi connectivity index (χ0) is 14.4. The molecule has 0 atom stereocenters. The highest BCUT2D eigenvalue weighted by Crippen LogP contribution is 2.27. The van der Waals surface area contributed by atoms with Gasteiger partial charge < -0.3 is 10.6 Å². The molecule has 0 unspecified atom stereocenters. The Hall–Kier alpha value is -2.18. The lowest BCUT2D eigenvalue weighted by atomic mass is 10.0. The second kappa shape index (κ2) is 6.83. The highest BCUT2D eigenvalue weighted by Gasteiger charge is 2.13. The van der Waals surface area contributed by atoms with Crippen molar-refractivity contribution in [3.05, 3.63) is 24.3 Å². The summed E-state index contributed by atoms with van der Waals surface area (Å²) in [5, 5.41) is 14.2. The Morgan fingerprint density at radius 1 is 1.25 bits per heavy atom. The van der Waals surface area contributed by atoms with Crippen molar-refractivity contribution in [2.75, 3.05) is 24.2 Å². The molecule has 0 saturated carbocycles. The Morgan fingerprint density at radius 3 is 2.70 bits per heavy atom. The fourth-order valence-corrected chi connectivity index (χ4v) is 2.08. The van der Waals surface area contributed by atoms with Crippen LogP contribution in [0.15, 0.2) is 18.7 Å². The summed E-state index contributed by atoms with van der Waals surface area (Å²) in [5.74, 6) is 2.14. The SMILES string of the molecule is CNc1ncnc(NCCCn2ccnn2)c1C(C)C. The second-order valence-corrected chi connectivity index (χ2v) is 4.84. The number of rotatable bonds is 7. The lowest BCUT2D eigenvalue weighted by Gasteiger charge is -2.16. The molecule has 0 spiro atoms. The van der Waals surface area contributed by atoms with Gasteiger partial charge in [0.1, 0.15) is 18.0 Å². The molecule has 0 fully saturated rings. The molecule has 2 heterocycles. The largest absolute Gasteiger partial charge is 0.373 e. The maximum Gasteiger partial charge on any atom is 0.134 e. The molecule has 0 amide bonds. The Balaban J connectivity index is 1.95. The Labute approximate surface area is 118 Å². The summed E-state index contributed by atoms with van der Waals surface area (Å²) in [5.41, 5.74) is 1.12. The summed E-state index contributed by atoms with van der Waals surface area (Å²) in [7, 11) is 1.88. The first-order chi connectivity index (χ1) is 9.72. The van der Waals surface area contributed by atoms with Gasteiger partial charge in [0.05, 0.1) is 6.20 Å². The van der Waals surface area contributed by atoms with Crippen molar-refractivity contribution in [2.24, 2.45) is 0 Å². The van der Waals surface area contributed by atoms with Gasteiger partial charge in [-0.15, -0.1) is 5.10 Å². The topological polar surface area (TPSA) is 80.5 Å². The lowest BCUT2D eigenvalue weighted by molar-refractivity contribution is 0.569. The molecule has 7 nitrogen and oxygen atoms in total. The fourth-order valence-electron chi connectivity index (χ4n) is 2.08. The average Bonchev–Trinajstić information content (AvgIpc) is 2.96. The molecule has 0 radical (unpaired) electrons. The number of aryl methyl sites for hydroxylation is 1. The van der Waals surface area contributed by atoms with E-state index in [1.807, 2.05) is 17.9 Å². The van der Waals surface area contributed by atoms with Crippen molar-refractivity contribution in [3.8, 4) is 0 Å². The molecule has 0 bridgehead atoms. The summed E-state index contributed by atoms with van der Waals surface area (Å²) in [6.07, 6.45) is 6.09. The summed E-state index contributed by atoms with van der Waals surface area (Å²) >= 11 is 0. The third kappa shape index (κ3) is 3.43. The number of aromatic nitrogens is 5. The zero-order valence-corrected chi connectivity index (χ0v) is 12.2. The highest BCUT2D eigenvalue weighted by atomic mass is 15.4. The molecule has 2 aromatic rings. The van der Waals surface area contributed by atoms with E-state index in [0.29, 0.717) is 5.92 Å². The predicted octanol–water partition coefficient (Wildman–Crippen LogP) is 1.74. The number of nitrogens with zero attached hydrogens (tertiary/aromatic N) is 5. The van der Waals surface area contributed by atoms with Crippen LogP contribution in [0, 0.1) is 0 Å². The molecule has 0 aromatic carbocycles. The van der Waals surface area contributed by atoms with Crippen LogP contribution < -0.4 is 10.6 Å². The Kier molecular flexibility index (Phi) is 4.86. The second-order valence-electron chi connectivity index (χ2n) is 4.84. The van der Waals surface area contributed by atoms with E-state index in [9.17, 15) is 0 Å². The van der Waals surface area contributed by atoms with Crippen LogP contribution in [0.5, 0.6) is 0 Å². The van der Waals surface area contributed by atoms with E-state index < -0.39 is 0 Å². The minimum atomic E-state index is 0.358. The van der Waals surface area contributed by atoms with Gasteiger partial charge >= 0.3 is 0 Å². The number of hydrogen-bond acceptors (Lipinski definition) is 6. The molecule has 2 rings (SSSR count). The van der Waals surface area contributed by atoms with E-state index in [-0.39, 0.29) is 0 Å². The van der Waals surface area contributed by atoms with Crippen molar-refractivity contribution < 1.29 is 0 Å². The normalized spacial score (nSPS) is 10.8. The van der Waals surface area contributed by atoms with Gasteiger partial charge in [-0.05, 0) is 12.3 Å². The number of anilines is 2. The molecule has 7 heteroatoms. The fraction of sp³-hybridized carbons (Fsp3) is 0.538. The van der Waals surface area contributed by atoms with E-state index in [1.54, 1.807) is 12.5 Å². The van der Waals surface area contributed by atoms with Gasteiger partial charge in [-0.2, -0.15) is 0 Å². The van der Waals surface area contributed by atoms with Gasteiger partial charge in [-0.3, -0.25) is 4.68 Å². The lowest BCUT2D eigenvalue weighted by Crippen LogP contribution is -2.12. The van der Waals surface area contributed by atoms with Crippen LogP contribution in [-0.4, -0.2) is 38.6 Å². The first kappa shape index (κ1) is 14.2. The van der Waals surface area contributed by atoms with E-state index in [0.717, 1.165) is 36.7 Å². The first-order valence-electron chi connectivity index (χ1n) is 6.83. The van der Waals surface area contributed by atoms with Crippen LogP contribution in [0.4, 0.5) is 11.6 Å². The van der Waals surface area contributed by atoms with Crippen LogP contribution in [0.1, 0.15) is 31.7 Å². The van der Waals surface area contributed by atoms with Crippen LogP contribution in [-0.2, 0) is 6.54 Å². The molecule has 2 N–H and O–H groups in total. The van der Waals surface area contributed by atoms with Crippen LogP contribution in [0.25, 0.3) is 0 Å². The standard InChI is InChI=1S/C13H21N7/c1-10(2)11-12(14-3)16-9-17-13(11)15-5-4-7-20-8-6-18-19-20/h6,8-10H,4-5,7H2,1-3H3,(H2,14,15,16,17). The minimum Gasteiger partial charge on any atom is -0.373 e. The van der Waals surface area contributed by atoms with Crippen LogP contribution >= 0.6 is 0 Å². The van der Waals surface area contributed by atoms with Gasteiger partial charge in [0.15, 0.2) is 0 Å². The molecular weight excluding hydrogens is 254 g/mol. The first-order valence-corrected chi connectivity index (χ1v) is 6.83. The Bertz CT molecular complexity index is 522. The molecule has 20 heavy (non-hydrogen) atoms. The van der Waals surface area contributed by atoms with E-state index in [4.69, 9.17) is 0 Å². The van der Waals surface area contributed by atoms with Crippen LogP contribution in [0.3, 0.4) is 0 Å². The van der Waals surface area contributed by atoms with Crippen molar-refractivity contribution in [2.45, 2.75) is 32.7 Å². The minimum absolute atomic E-state index is 0.358. The van der Waals surface area contributed by atoms with Gasteiger partial charge in [0.2, 0.25) is 0 Å². The molecule has 108 valence electrons. The van der Waals surface area contributed by atoms with E-state index in [1.165, 1.54) is 0 Å². The maximum absolute atomic E-state index is 4.35. The van der Waals surface area contributed by atoms with Crippen LogP contribution in [0.2, 0.25) is 0 Å². The quantitative estimate of drug-likeness (QED) is 0.749. The van der Waals surface area contributed by atoms with E-state index >= 15 is 0 Å². The van der Waals surface area contributed by atoms with Crippen molar-refractivity contribution in [3.63, 3.8) is 0 Å². The summed E-state index contributed by atoms with van der Waals surface area (Å²) < 4.78 is 1.82. The van der Waals surface area contributed by atoms with E-state index in [2.05, 4.69) is 44.8 Å². The molecule has 0 aliphatic heterocycles. The zero-order valence-electron chi connectivity index (χ0n) is 12.2. The summed E-state index contributed by atoms with van der Waals surface area (Å²) in [4.78, 5) is 8.61. The molecule has 0 aliphatic carbocycles. The maximum atomic E-state index is 4.35. The monoisotopic (exact) mass is 275 g/mol. The Morgan fingerprint density at radius 2 is 2.05 bits per heavy atom. The third-order valence-corrected chi connectivity index (χ3v) is 3.03. The third-order valence-electron chi connectivity index (χ3n) is 3.03. The molecule has 0 aliphatic rings. The smallest absolute Gasteiger partial charge is 0.134 e. The summed E-state index contributed by atoms with van der Waals surface area (Å²) in [6.45, 7) is 5.95. The van der Waals surface area contributed by atoms with Crippen molar-refractivity contribution in [1.82, 2.24) is 25.0 Å². The summed E-state index contributed by atoms with van der Waals surface area (Å²) in [6, 6.07) is 0. The molecule has 2 aromatic heterocycles. The predicted molar refractivity (Wildman–Crippen MR) is 78.8 cm³/mol. The van der Waals surface area contributed by atoms with Gasteiger partial charge in [-0.1, -0.05) is 19.1 Å². The van der Waals surface area contributed by atoms with Gasteiger partial charge in [0, 0.05) is 31.9 Å².